The zero-order valence-electron chi connectivity index (χ0n) is 7.52. The van der Waals surface area contributed by atoms with Gasteiger partial charge in [-0.15, -0.1) is 0 Å². The lowest BCUT2D eigenvalue weighted by atomic mass is 10.0. The molecule has 5 nitrogen and oxygen atoms in total. The van der Waals surface area contributed by atoms with Crippen molar-refractivity contribution in [3.63, 3.8) is 0 Å². The first-order valence-electron chi connectivity index (χ1n) is 4.02. The third-order valence-corrected chi connectivity index (χ3v) is 1.84. The molecule has 0 amide bonds. The van der Waals surface area contributed by atoms with E-state index >= 15 is 0 Å². The number of hydrogen-bond donors (Lipinski definition) is 2. The van der Waals surface area contributed by atoms with E-state index in [0.717, 1.165) is 0 Å². The van der Waals surface area contributed by atoms with Crippen molar-refractivity contribution < 1.29 is 19.8 Å². The molecular formula is C9H9NO4. The molecule has 0 aliphatic carbocycles. The summed E-state index contributed by atoms with van der Waals surface area (Å²) in [6, 6.07) is 1.30. The molecule has 0 fully saturated rings. The van der Waals surface area contributed by atoms with Gasteiger partial charge in [-0.2, -0.15) is 0 Å². The standard InChI is InChI=1S/C9H9NO4/c1-2-5-6(8(11)12)3-4-10-7(5)9(13)14/h3-4H,2H2,1H3,(H,11,12)(H,13,14). The van der Waals surface area contributed by atoms with E-state index in [9.17, 15) is 9.59 Å². The Bertz CT molecular complexity index is 354. The summed E-state index contributed by atoms with van der Waals surface area (Å²) in [5.41, 5.74) is 0.0693. The molecule has 0 saturated carbocycles. The maximum Gasteiger partial charge on any atom is 0.354 e. The van der Waals surface area contributed by atoms with Gasteiger partial charge in [0.05, 0.1) is 5.56 Å². The molecule has 0 radical (unpaired) electrons. The molecule has 1 aromatic rings. The quantitative estimate of drug-likeness (QED) is 0.752. The van der Waals surface area contributed by atoms with Crippen molar-refractivity contribution in [2.75, 3.05) is 0 Å². The molecule has 0 aliphatic rings. The average Bonchev–Trinajstić information content (AvgIpc) is 2.16. The molecule has 0 spiro atoms. The van der Waals surface area contributed by atoms with Gasteiger partial charge in [0.1, 0.15) is 0 Å². The minimum absolute atomic E-state index is 0.0000926. The van der Waals surface area contributed by atoms with E-state index in [2.05, 4.69) is 4.98 Å². The maximum absolute atomic E-state index is 10.7. The summed E-state index contributed by atoms with van der Waals surface area (Å²) in [5.74, 6) is -2.34. The first-order chi connectivity index (χ1) is 6.57. The number of nitrogens with zero attached hydrogens (tertiary/aromatic N) is 1. The molecular weight excluding hydrogens is 186 g/mol. The SMILES string of the molecule is CCc1c(C(=O)O)ccnc1C(=O)O. The van der Waals surface area contributed by atoms with Gasteiger partial charge >= 0.3 is 11.9 Å². The van der Waals surface area contributed by atoms with Gasteiger partial charge in [-0.1, -0.05) is 6.92 Å². The van der Waals surface area contributed by atoms with E-state index in [-0.39, 0.29) is 16.8 Å². The first kappa shape index (κ1) is 10.2. The van der Waals surface area contributed by atoms with Gasteiger partial charge in [0, 0.05) is 6.20 Å². The van der Waals surface area contributed by atoms with E-state index in [1.807, 2.05) is 0 Å². The minimum Gasteiger partial charge on any atom is -0.478 e. The normalized spacial score (nSPS) is 9.79. The monoisotopic (exact) mass is 195 g/mol. The van der Waals surface area contributed by atoms with E-state index in [1.165, 1.54) is 12.3 Å². The van der Waals surface area contributed by atoms with Gasteiger partial charge < -0.3 is 10.2 Å². The topological polar surface area (TPSA) is 87.5 Å². The number of aromatic nitrogens is 1. The molecule has 0 saturated heterocycles. The van der Waals surface area contributed by atoms with Crippen LogP contribution in [0, 0.1) is 0 Å². The van der Waals surface area contributed by atoms with Gasteiger partial charge in [0.15, 0.2) is 5.69 Å². The average molecular weight is 195 g/mol. The van der Waals surface area contributed by atoms with Crippen molar-refractivity contribution in [2.45, 2.75) is 13.3 Å². The third kappa shape index (κ3) is 1.71. The number of pyridine rings is 1. The predicted octanol–water partition coefficient (Wildman–Crippen LogP) is 1.04. The fraction of sp³-hybridized carbons (Fsp3) is 0.222. The summed E-state index contributed by atoms with van der Waals surface area (Å²) in [6.07, 6.45) is 1.52. The Balaban J connectivity index is 3.39. The second-order valence-electron chi connectivity index (χ2n) is 2.65. The van der Waals surface area contributed by atoms with Gasteiger partial charge in [0.2, 0.25) is 0 Å². The van der Waals surface area contributed by atoms with Gasteiger partial charge in [-0.25, -0.2) is 14.6 Å². The van der Waals surface area contributed by atoms with Crippen LogP contribution < -0.4 is 0 Å². The van der Waals surface area contributed by atoms with Crippen LogP contribution in [-0.4, -0.2) is 27.1 Å². The summed E-state index contributed by atoms with van der Waals surface area (Å²) < 4.78 is 0. The third-order valence-electron chi connectivity index (χ3n) is 1.84. The van der Waals surface area contributed by atoms with Gasteiger partial charge in [0.25, 0.3) is 0 Å². The Hall–Kier alpha value is -1.91. The molecule has 1 heterocycles. The first-order valence-corrected chi connectivity index (χ1v) is 4.02. The van der Waals surface area contributed by atoms with Crippen LogP contribution in [0.3, 0.4) is 0 Å². The Morgan fingerprint density at radius 1 is 1.36 bits per heavy atom. The highest BCUT2D eigenvalue weighted by Crippen LogP contribution is 2.13. The summed E-state index contributed by atoms with van der Waals surface area (Å²) in [7, 11) is 0. The lowest BCUT2D eigenvalue weighted by molar-refractivity contribution is 0.0689. The van der Waals surface area contributed by atoms with Crippen molar-refractivity contribution in [1.82, 2.24) is 4.98 Å². The number of carboxylic acids is 2. The van der Waals surface area contributed by atoms with E-state index < -0.39 is 11.9 Å². The molecule has 14 heavy (non-hydrogen) atoms. The van der Waals surface area contributed by atoms with Crippen molar-refractivity contribution >= 4 is 11.9 Å². The highest BCUT2D eigenvalue weighted by molar-refractivity contribution is 5.95. The van der Waals surface area contributed by atoms with Gasteiger partial charge in [-0.05, 0) is 18.1 Å². The smallest absolute Gasteiger partial charge is 0.354 e. The maximum atomic E-state index is 10.7. The Morgan fingerprint density at radius 3 is 2.43 bits per heavy atom. The number of rotatable bonds is 3. The lowest BCUT2D eigenvalue weighted by Gasteiger charge is -2.05. The van der Waals surface area contributed by atoms with Crippen molar-refractivity contribution in [2.24, 2.45) is 0 Å². The fourth-order valence-corrected chi connectivity index (χ4v) is 1.23. The van der Waals surface area contributed by atoms with Crippen molar-refractivity contribution in [3.05, 3.63) is 29.1 Å². The summed E-state index contributed by atoms with van der Waals surface area (Å²) in [4.78, 5) is 25.1. The Morgan fingerprint density at radius 2 is 2.00 bits per heavy atom. The molecule has 0 aliphatic heterocycles. The summed E-state index contributed by atoms with van der Waals surface area (Å²) in [5, 5.41) is 17.5. The van der Waals surface area contributed by atoms with Gasteiger partial charge in [-0.3, -0.25) is 0 Å². The minimum atomic E-state index is -1.20. The summed E-state index contributed by atoms with van der Waals surface area (Å²) >= 11 is 0. The number of carbonyl (C=O) groups is 2. The Labute approximate surface area is 80.0 Å². The van der Waals surface area contributed by atoms with Crippen LogP contribution in [0.2, 0.25) is 0 Å². The predicted molar refractivity (Wildman–Crippen MR) is 47.5 cm³/mol. The molecule has 1 rings (SSSR count). The largest absolute Gasteiger partial charge is 0.478 e. The molecule has 2 N–H and O–H groups in total. The van der Waals surface area contributed by atoms with Crippen molar-refractivity contribution in [1.29, 1.82) is 0 Å². The zero-order valence-corrected chi connectivity index (χ0v) is 7.52. The van der Waals surface area contributed by atoms with Crippen LogP contribution >= 0.6 is 0 Å². The fourth-order valence-electron chi connectivity index (χ4n) is 1.23. The van der Waals surface area contributed by atoms with Crippen LogP contribution in [-0.2, 0) is 6.42 Å². The highest BCUT2D eigenvalue weighted by Gasteiger charge is 2.17. The molecule has 74 valence electrons. The van der Waals surface area contributed by atoms with Crippen LogP contribution in [0.25, 0.3) is 0 Å². The van der Waals surface area contributed by atoms with Crippen molar-refractivity contribution in [3.8, 4) is 0 Å². The van der Waals surface area contributed by atoms with Crippen LogP contribution in [0.4, 0.5) is 0 Å². The van der Waals surface area contributed by atoms with E-state index in [0.29, 0.717) is 6.42 Å². The van der Waals surface area contributed by atoms with E-state index in [4.69, 9.17) is 10.2 Å². The molecule has 5 heteroatoms. The molecule has 0 aromatic carbocycles. The zero-order chi connectivity index (χ0) is 10.7. The molecule has 1 aromatic heterocycles. The second kappa shape index (κ2) is 3.87. The number of aromatic carboxylic acids is 2. The van der Waals surface area contributed by atoms with Crippen LogP contribution in [0.15, 0.2) is 12.3 Å². The lowest BCUT2D eigenvalue weighted by Crippen LogP contribution is -2.11. The molecule has 0 atom stereocenters. The van der Waals surface area contributed by atoms with Crippen LogP contribution in [0.5, 0.6) is 0 Å². The second-order valence-corrected chi connectivity index (χ2v) is 2.65. The number of carboxylic acid groups (broad SMARTS) is 2. The Kier molecular flexibility index (Phi) is 2.81. The summed E-state index contributed by atoms with van der Waals surface area (Å²) in [6.45, 7) is 1.69. The highest BCUT2D eigenvalue weighted by atomic mass is 16.4. The molecule has 0 bridgehead atoms. The number of hydrogen-bond acceptors (Lipinski definition) is 3. The van der Waals surface area contributed by atoms with E-state index in [1.54, 1.807) is 6.92 Å². The molecule has 0 unspecified atom stereocenters. The van der Waals surface area contributed by atoms with Crippen LogP contribution in [0.1, 0.15) is 33.3 Å².